The number of carboxylic acid groups (broad SMARTS) is 1. The van der Waals surface area contributed by atoms with E-state index in [4.69, 9.17) is 0 Å². The van der Waals surface area contributed by atoms with Crippen molar-refractivity contribution >= 4 is 21.9 Å². The van der Waals surface area contributed by atoms with Gasteiger partial charge < -0.3 is 10.1 Å². The summed E-state index contributed by atoms with van der Waals surface area (Å²) < 4.78 is 0.996. The first-order chi connectivity index (χ1) is 8.82. The number of benzene rings is 1. The molecule has 1 aromatic heterocycles. The number of hydrogen-bond acceptors (Lipinski definition) is 2. The largest absolute Gasteiger partial charge is 0.481 e. The summed E-state index contributed by atoms with van der Waals surface area (Å²) in [5.74, 6) is -0.431. The molecular weight excluding hydrogens is 308 g/mol. The Hall–Kier alpha value is -1.62. The number of aromatic nitrogens is 2. The van der Waals surface area contributed by atoms with Crippen LogP contribution in [0.3, 0.4) is 0 Å². The van der Waals surface area contributed by atoms with E-state index in [-0.39, 0.29) is 0 Å². The standard InChI is InChI=1S/C14H15BrN2O2/c1-8-11(9-4-6-10(15)7-5-9)17-12(16-8)14(2,3)13(18)19/h4-7H,1-3H3,(H,16,17)(H,18,19). The molecule has 0 aliphatic rings. The van der Waals surface area contributed by atoms with Crippen LogP contribution in [0.4, 0.5) is 0 Å². The Kier molecular flexibility index (Phi) is 3.49. The Morgan fingerprint density at radius 1 is 1.32 bits per heavy atom. The van der Waals surface area contributed by atoms with Gasteiger partial charge in [0.05, 0.1) is 5.69 Å². The van der Waals surface area contributed by atoms with Gasteiger partial charge in [0.1, 0.15) is 11.2 Å². The van der Waals surface area contributed by atoms with Gasteiger partial charge in [-0.2, -0.15) is 0 Å². The SMILES string of the molecule is Cc1[nH]c(C(C)(C)C(=O)O)nc1-c1ccc(Br)cc1. The Labute approximate surface area is 120 Å². The van der Waals surface area contributed by atoms with E-state index in [0.717, 1.165) is 21.4 Å². The molecule has 5 heteroatoms. The summed E-state index contributed by atoms with van der Waals surface area (Å²) in [5.41, 5.74) is 1.59. The molecule has 19 heavy (non-hydrogen) atoms. The number of nitrogens with one attached hydrogen (secondary N) is 1. The van der Waals surface area contributed by atoms with Gasteiger partial charge in [-0.15, -0.1) is 0 Å². The monoisotopic (exact) mass is 322 g/mol. The van der Waals surface area contributed by atoms with Crippen molar-refractivity contribution in [1.29, 1.82) is 0 Å². The van der Waals surface area contributed by atoms with Crippen molar-refractivity contribution in [2.24, 2.45) is 0 Å². The third-order valence-electron chi connectivity index (χ3n) is 3.13. The summed E-state index contributed by atoms with van der Waals surface area (Å²) in [6, 6.07) is 7.77. The highest BCUT2D eigenvalue weighted by atomic mass is 79.9. The maximum absolute atomic E-state index is 11.3. The zero-order valence-electron chi connectivity index (χ0n) is 11.0. The van der Waals surface area contributed by atoms with E-state index in [0.29, 0.717) is 5.82 Å². The van der Waals surface area contributed by atoms with Gasteiger partial charge in [0, 0.05) is 15.7 Å². The van der Waals surface area contributed by atoms with Crippen LogP contribution in [0, 0.1) is 6.92 Å². The maximum atomic E-state index is 11.3. The molecule has 0 aliphatic heterocycles. The topological polar surface area (TPSA) is 66.0 Å². The first-order valence-corrected chi connectivity index (χ1v) is 6.68. The van der Waals surface area contributed by atoms with E-state index >= 15 is 0 Å². The van der Waals surface area contributed by atoms with Gasteiger partial charge >= 0.3 is 5.97 Å². The molecule has 4 nitrogen and oxygen atoms in total. The smallest absolute Gasteiger partial charge is 0.316 e. The number of rotatable bonds is 3. The molecule has 1 heterocycles. The summed E-state index contributed by atoms with van der Waals surface area (Å²) in [7, 11) is 0. The zero-order valence-corrected chi connectivity index (χ0v) is 12.6. The van der Waals surface area contributed by atoms with Crippen molar-refractivity contribution in [1.82, 2.24) is 9.97 Å². The molecule has 0 bridgehead atoms. The van der Waals surface area contributed by atoms with E-state index in [1.54, 1.807) is 13.8 Å². The highest BCUT2D eigenvalue weighted by Gasteiger charge is 2.33. The van der Waals surface area contributed by atoms with E-state index in [2.05, 4.69) is 25.9 Å². The van der Waals surface area contributed by atoms with Crippen molar-refractivity contribution in [3.8, 4) is 11.3 Å². The number of aryl methyl sites for hydroxylation is 1. The van der Waals surface area contributed by atoms with Gasteiger partial charge in [0.2, 0.25) is 0 Å². The molecule has 0 aliphatic carbocycles. The molecule has 0 saturated heterocycles. The summed E-state index contributed by atoms with van der Waals surface area (Å²) in [6.07, 6.45) is 0. The molecule has 0 spiro atoms. The predicted octanol–water partition coefficient (Wildman–Crippen LogP) is 3.51. The summed E-state index contributed by atoms with van der Waals surface area (Å²) in [6.45, 7) is 5.17. The number of halogens is 1. The van der Waals surface area contributed by atoms with E-state index in [1.165, 1.54) is 0 Å². The molecule has 0 atom stereocenters. The van der Waals surface area contributed by atoms with Gasteiger partial charge in [-0.05, 0) is 32.9 Å². The van der Waals surface area contributed by atoms with Crippen molar-refractivity contribution in [3.05, 3.63) is 40.3 Å². The van der Waals surface area contributed by atoms with Crippen LogP contribution < -0.4 is 0 Å². The third-order valence-corrected chi connectivity index (χ3v) is 3.66. The number of aromatic amines is 1. The van der Waals surface area contributed by atoms with Crippen LogP contribution >= 0.6 is 15.9 Å². The molecule has 2 N–H and O–H groups in total. The van der Waals surface area contributed by atoms with E-state index < -0.39 is 11.4 Å². The second kappa shape index (κ2) is 4.81. The molecule has 0 radical (unpaired) electrons. The van der Waals surface area contributed by atoms with Gasteiger partial charge in [0.15, 0.2) is 0 Å². The summed E-state index contributed by atoms with van der Waals surface area (Å²) in [4.78, 5) is 18.8. The number of H-pyrrole nitrogens is 1. The summed E-state index contributed by atoms with van der Waals surface area (Å²) in [5, 5.41) is 9.24. The number of imidazole rings is 1. The maximum Gasteiger partial charge on any atom is 0.316 e. The number of nitrogens with zero attached hydrogens (tertiary/aromatic N) is 1. The molecule has 2 rings (SSSR count). The molecule has 2 aromatic rings. The second-order valence-electron chi connectivity index (χ2n) is 5.00. The van der Waals surface area contributed by atoms with Gasteiger partial charge in [-0.3, -0.25) is 4.79 Å². The number of carbonyl (C=O) groups is 1. The van der Waals surface area contributed by atoms with Crippen molar-refractivity contribution in [2.75, 3.05) is 0 Å². The zero-order chi connectivity index (χ0) is 14.2. The number of aliphatic carboxylic acids is 1. The first kappa shape index (κ1) is 13.8. The fraction of sp³-hybridized carbons (Fsp3) is 0.286. The molecule has 0 fully saturated rings. The van der Waals surface area contributed by atoms with Crippen LogP contribution in [0.15, 0.2) is 28.7 Å². The van der Waals surface area contributed by atoms with Crippen LogP contribution in [-0.2, 0) is 10.2 Å². The Balaban J connectivity index is 2.47. The lowest BCUT2D eigenvalue weighted by atomic mass is 9.93. The minimum atomic E-state index is -1.03. The fourth-order valence-corrected chi connectivity index (χ4v) is 2.01. The normalized spacial score (nSPS) is 11.6. The fourth-order valence-electron chi connectivity index (χ4n) is 1.75. The van der Waals surface area contributed by atoms with Crippen LogP contribution in [0.1, 0.15) is 25.4 Å². The van der Waals surface area contributed by atoms with Crippen LogP contribution in [0.2, 0.25) is 0 Å². The lowest BCUT2D eigenvalue weighted by Crippen LogP contribution is -2.29. The second-order valence-corrected chi connectivity index (χ2v) is 5.91. The molecule has 1 aromatic carbocycles. The van der Waals surface area contributed by atoms with Gasteiger partial charge in [-0.1, -0.05) is 28.1 Å². The lowest BCUT2D eigenvalue weighted by molar-refractivity contribution is -0.142. The first-order valence-electron chi connectivity index (χ1n) is 5.89. The van der Waals surface area contributed by atoms with Crippen molar-refractivity contribution in [3.63, 3.8) is 0 Å². The van der Waals surface area contributed by atoms with E-state index in [9.17, 15) is 9.90 Å². The average Bonchev–Trinajstić information content (AvgIpc) is 2.73. The quantitative estimate of drug-likeness (QED) is 0.908. The molecule has 0 amide bonds. The Bertz CT molecular complexity index is 615. The van der Waals surface area contributed by atoms with Crippen LogP contribution in [0.25, 0.3) is 11.3 Å². The molecule has 0 unspecified atom stereocenters. The van der Waals surface area contributed by atoms with Crippen molar-refractivity contribution in [2.45, 2.75) is 26.2 Å². The summed E-state index contributed by atoms with van der Waals surface area (Å²) >= 11 is 3.39. The van der Waals surface area contributed by atoms with Gasteiger partial charge in [0.25, 0.3) is 0 Å². The Morgan fingerprint density at radius 2 is 1.89 bits per heavy atom. The average molecular weight is 323 g/mol. The Morgan fingerprint density at radius 3 is 2.42 bits per heavy atom. The molecule has 100 valence electrons. The predicted molar refractivity (Wildman–Crippen MR) is 77.1 cm³/mol. The van der Waals surface area contributed by atoms with Gasteiger partial charge in [-0.25, -0.2) is 4.98 Å². The highest BCUT2D eigenvalue weighted by molar-refractivity contribution is 9.10. The number of carboxylic acids is 1. The third kappa shape index (κ3) is 2.56. The lowest BCUT2D eigenvalue weighted by Gasteiger charge is -2.15. The molecular formula is C14H15BrN2O2. The minimum absolute atomic E-state index is 0.468. The number of hydrogen-bond donors (Lipinski definition) is 2. The minimum Gasteiger partial charge on any atom is -0.481 e. The van der Waals surface area contributed by atoms with E-state index in [1.807, 2.05) is 31.2 Å². The van der Waals surface area contributed by atoms with Crippen LogP contribution in [0.5, 0.6) is 0 Å². The van der Waals surface area contributed by atoms with Crippen LogP contribution in [-0.4, -0.2) is 21.0 Å². The van der Waals surface area contributed by atoms with Crippen molar-refractivity contribution < 1.29 is 9.90 Å². The highest BCUT2D eigenvalue weighted by Crippen LogP contribution is 2.28. The molecule has 0 saturated carbocycles.